The van der Waals surface area contributed by atoms with Gasteiger partial charge in [-0.3, -0.25) is 4.79 Å². The van der Waals surface area contributed by atoms with E-state index in [-0.39, 0.29) is 22.6 Å². The van der Waals surface area contributed by atoms with Crippen molar-refractivity contribution in [2.75, 3.05) is 14.2 Å². The van der Waals surface area contributed by atoms with Gasteiger partial charge < -0.3 is 9.47 Å². The van der Waals surface area contributed by atoms with Crippen LogP contribution in [0.2, 0.25) is 0 Å². The van der Waals surface area contributed by atoms with E-state index < -0.39 is 0 Å². The van der Waals surface area contributed by atoms with Crippen LogP contribution in [0.15, 0.2) is 53.4 Å². The van der Waals surface area contributed by atoms with Crippen molar-refractivity contribution in [2.24, 2.45) is 0 Å². The van der Waals surface area contributed by atoms with Crippen LogP contribution in [0.1, 0.15) is 27.6 Å². The first-order valence-corrected chi connectivity index (χ1v) is 8.40. The molecule has 0 radical (unpaired) electrons. The summed E-state index contributed by atoms with van der Waals surface area (Å²) in [6.45, 7) is 0. The molecular formula is C19H17FO3S. The van der Waals surface area contributed by atoms with Crippen LogP contribution in [0.4, 0.5) is 4.39 Å². The van der Waals surface area contributed by atoms with Crippen LogP contribution in [-0.2, 0) is 0 Å². The van der Waals surface area contributed by atoms with E-state index in [1.807, 2.05) is 6.08 Å². The van der Waals surface area contributed by atoms with Crippen molar-refractivity contribution >= 4 is 17.5 Å². The fourth-order valence-corrected chi connectivity index (χ4v) is 3.87. The first-order valence-electron chi connectivity index (χ1n) is 7.52. The molecule has 3 rings (SSSR count). The molecule has 0 saturated carbocycles. The summed E-state index contributed by atoms with van der Waals surface area (Å²) in [5, 5.41) is -0.121. The van der Waals surface area contributed by atoms with Gasteiger partial charge in [-0.25, -0.2) is 4.39 Å². The summed E-state index contributed by atoms with van der Waals surface area (Å²) < 4.78 is 24.6. The van der Waals surface area contributed by atoms with Gasteiger partial charge in [-0.1, -0.05) is 30.3 Å². The average Bonchev–Trinajstić information content (AvgIpc) is 3.11. The summed E-state index contributed by atoms with van der Waals surface area (Å²) in [5.74, 6) is 0.436. The van der Waals surface area contributed by atoms with Gasteiger partial charge in [-0.15, -0.1) is 11.8 Å². The monoisotopic (exact) mass is 344 g/mol. The predicted molar refractivity (Wildman–Crippen MR) is 93.3 cm³/mol. The quantitative estimate of drug-likeness (QED) is 0.731. The number of Topliss-reactive ketones (excluding diaryl/α,β-unsaturated/α-hetero) is 1. The number of ether oxygens (including phenoxy) is 2. The van der Waals surface area contributed by atoms with Gasteiger partial charge in [0.05, 0.1) is 19.1 Å². The molecule has 1 atom stereocenters. The highest BCUT2D eigenvalue weighted by molar-refractivity contribution is 8.04. The van der Waals surface area contributed by atoms with Gasteiger partial charge in [0.1, 0.15) is 5.75 Å². The zero-order valence-electron chi connectivity index (χ0n) is 13.4. The van der Waals surface area contributed by atoms with E-state index in [4.69, 9.17) is 9.47 Å². The summed E-state index contributed by atoms with van der Waals surface area (Å²) in [6.07, 6.45) is 2.48. The predicted octanol–water partition coefficient (Wildman–Crippen LogP) is 4.79. The number of benzene rings is 2. The van der Waals surface area contributed by atoms with Crippen LogP contribution in [-0.4, -0.2) is 20.0 Å². The van der Waals surface area contributed by atoms with E-state index >= 15 is 0 Å². The molecule has 1 aliphatic rings. The van der Waals surface area contributed by atoms with Crippen molar-refractivity contribution in [3.8, 4) is 11.5 Å². The lowest BCUT2D eigenvalue weighted by atomic mass is 10.1. The number of carbonyl (C=O) groups is 1. The Bertz CT molecular complexity index is 801. The summed E-state index contributed by atoms with van der Waals surface area (Å²) in [4.78, 5) is 13.3. The molecule has 2 aromatic rings. The van der Waals surface area contributed by atoms with Crippen molar-refractivity contribution < 1.29 is 18.7 Å². The molecule has 124 valence electrons. The van der Waals surface area contributed by atoms with E-state index in [0.717, 1.165) is 0 Å². The molecule has 0 saturated heterocycles. The van der Waals surface area contributed by atoms with E-state index in [9.17, 15) is 9.18 Å². The third kappa shape index (κ3) is 3.17. The zero-order valence-corrected chi connectivity index (χ0v) is 14.2. The van der Waals surface area contributed by atoms with Gasteiger partial charge in [0.25, 0.3) is 0 Å². The van der Waals surface area contributed by atoms with Crippen molar-refractivity contribution in [3.63, 3.8) is 0 Å². The highest BCUT2D eigenvalue weighted by atomic mass is 32.2. The molecule has 0 aliphatic carbocycles. The lowest BCUT2D eigenvalue weighted by Crippen LogP contribution is -2.01. The number of methoxy groups -OCH3 is 2. The van der Waals surface area contributed by atoms with Crippen LogP contribution >= 0.6 is 11.8 Å². The van der Waals surface area contributed by atoms with Gasteiger partial charge >= 0.3 is 0 Å². The van der Waals surface area contributed by atoms with Crippen molar-refractivity contribution in [3.05, 3.63) is 70.4 Å². The Morgan fingerprint density at radius 1 is 1.17 bits per heavy atom. The highest BCUT2D eigenvalue weighted by Gasteiger charge is 2.27. The maximum absolute atomic E-state index is 14.4. The summed E-state index contributed by atoms with van der Waals surface area (Å²) in [5.41, 5.74) is 1.13. The Hall–Kier alpha value is -2.27. The number of hydrogen-bond acceptors (Lipinski definition) is 4. The standard InChI is InChI=1S/C19H17FO3S/c1-22-13-6-3-5-12(11-13)19(21)17-10-9-16(24-17)14-7-4-8-15(23-2)18(14)20/h3-8,10-11,16H,9H2,1-2H3. The molecule has 0 amide bonds. The third-order valence-corrected chi connectivity index (χ3v) is 5.24. The van der Waals surface area contributed by atoms with E-state index in [0.29, 0.717) is 28.2 Å². The average molecular weight is 344 g/mol. The van der Waals surface area contributed by atoms with E-state index in [1.54, 1.807) is 49.6 Å². The minimum Gasteiger partial charge on any atom is -0.497 e. The number of rotatable bonds is 5. The molecule has 1 heterocycles. The van der Waals surface area contributed by atoms with Gasteiger partial charge in [0, 0.05) is 16.4 Å². The van der Waals surface area contributed by atoms with E-state index in [2.05, 4.69) is 0 Å². The number of halogens is 1. The number of thioether (sulfide) groups is 1. The smallest absolute Gasteiger partial charge is 0.199 e. The Kier molecular flexibility index (Phi) is 4.90. The molecule has 0 N–H and O–H groups in total. The number of ketones is 1. The fourth-order valence-electron chi connectivity index (χ4n) is 2.64. The molecule has 0 aromatic heterocycles. The second kappa shape index (κ2) is 7.09. The van der Waals surface area contributed by atoms with Crippen LogP contribution in [0, 0.1) is 5.82 Å². The maximum Gasteiger partial charge on any atom is 0.199 e. The van der Waals surface area contributed by atoms with Crippen molar-refractivity contribution in [1.29, 1.82) is 0 Å². The van der Waals surface area contributed by atoms with Gasteiger partial charge in [-0.2, -0.15) is 0 Å². The Labute approximate surface area is 144 Å². The summed E-state index contributed by atoms with van der Waals surface area (Å²) in [6, 6.07) is 12.1. The number of allylic oxidation sites excluding steroid dienone is 2. The topological polar surface area (TPSA) is 35.5 Å². The molecule has 0 bridgehead atoms. The van der Waals surface area contributed by atoms with Crippen molar-refractivity contribution in [2.45, 2.75) is 11.7 Å². The zero-order chi connectivity index (χ0) is 17.1. The second-order valence-electron chi connectivity index (χ2n) is 5.34. The minimum atomic E-state index is -0.360. The largest absolute Gasteiger partial charge is 0.497 e. The first-order chi connectivity index (χ1) is 11.6. The number of carbonyl (C=O) groups excluding carboxylic acids is 1. The Balaban J connectivity index is 1.78. The maximum atomic E-state index is 14.4. The third-order valence-electron chi connectivity index (χ3n) is 3.90. The van der Waals surface area contributed by atoms with Gasteiger partial charge in [0.2, 0.25) is 0 Å². The molecule has 1 unspecified atom stereocenters. The Morgan fingerprint density at radius 3 is 2.71 bits per heavy atom. The molecule has 2 aromatic carbocycles. The SMILES string of the molecule is COc1cccc(C(=O)C2=CCC(c3cccc(OC)c3F)S2)c1. The fraction of sp³-hybridized carbons (Fsp3) is 0.211. The molecule has 1 aliphatic heterocycles. The molecule has 0 spiro atoms. The second-order valence-corrected chi connectivity index (χ2v) is 6.58. The lowest BCUT2D eigenvalue weighted by Gasteiger charge is -2.13. The van der Waals surface area contributed by atoms with Crippen LogP contribution in [0.5, 0.6) is 11.5 Å². The summed E-state index contributed by atoms with van der Waals surface area (Å²) >= 11 is 1.39. The van der Waals surface area contributed by atoms with Crippen molar-refractivity contribution in [1.82, 2.24) is 0 Å². The van der Waals surface area contributed by atoms with Crippen LogP contribution < -0.4 is 9.47 Å². The Morgan fingerprint density at radius 2 is 1.96 bits per heavy atom. The molecule has 0 fully saturated rings. The molecule has 3 nitrogen and oxygen atoms in total. The highest BCUT2D eigenvalue weighted by Crippen LogP contribution is 2.46. The minimum absolute atomic E-state index is 0.0651. The van der Waals surface area contributed by atoms with Gasteiger partial charge in [-0.05, 0) is 24.6 Å². The molecular weight excluding hydrogens is 327 g/mol. The van der Waals surface area contributed by atoms with Crippen LogP contribution in [0.3, 0.4) is 0 Å². The first kappa shape index (κ1) is 16.6. The van der Waals surface area contributed by atoms with Gasteiger partial charge in [0.15, 0.2) is 17.3 Å². The van der Waals surface area contributed by atoms with Crippen LogP contribution in [0.25, 0.3) is 0 Å². The lowest BCUT2D eigenvalue weighted by molar-refractivity contribution is 0.104. The normalized spacial score (nSPS) is 16.6. The van der Waals surface area contributed by atoms with E-state index in [1.165, 1.54) is 18.9 Å². The summed E-state index contributed by atoms with van der Waals surface area (Å²) in [7, 11) is 3.01. The molecule has 24 heavy (non-hydrogen) atoms. The number of hydrogen-bond donors (Lipinski definition) is 0. The molecule has 5 heteroatoms.